The second kappa shape index (κ2) is 7.56. The molecule has 2 aromatic rings. The molecule has 3 N–H and O–H groups in total. The lowest BCUT2D eigenvalue weighted by Crippen LogP contribution is -2.34. The molecule has 23 heavy (non-hydrogen) atoms. The van der Waals surface area contributed by atoms with E-state index >= 15 is 0 Å². The standard InChI is InChI=1S/C18H19NO4/c1-12(20)16-10-15(21)8-7-14(16)9-17(19)18(22)23-11-13-5-3-2-4-6-13/h2-8,10,17,21H,9,11,19H2,1H3/t17-/m0/s1. The molecule has 0 bridgehead atoms. The first-order valence-electron chi connectivity index (χ1n) is 7.26. The van der Waals surface area contributed by atoms with Gasteiger partial charge in [-0.05, 0) is 36.6 Å². The van der Waals surface area contributed by atoms with E-state index in [1.165, 1.54) is 19.1 Å². The van der Waals surface area contributed by atoms with Crippen LogP contribution < -0.4 is 5.73 Å². The van der Waals surface area contributed by atoms with Crippen LogP contribution in [0.5, 0.6) is 5.75 Å². The summed E-state index contributed by atoms with van der Waals surface area (Å²) in [6, 6.07) is 12.9. The highest BCUT2D eigenvalue weighted by Gasteiger charge is 2.19. The number of nitrogens with two attached hydrogens (primary N) is 1. The lowest BCUT2D eigenvalue weighted by molar-refractivity contribution is -0.146. The zero-order valence-corrected chi connectivity index (χ0v) is 12.9. The first kappa shape index (κ1) is 16.7. The number of esters is 1. The molecule has 0 saturated heterocycles. The van der Waals surface area contributed by atoms with Crippen LogP contribution in [0.15, 0.2) is 48.5 Å². The number of Topliss-reactive ketones (excluding diaryl/α,β-unsaturated/α-hetero) is 1. The molecular formula is C18H19NO4. The minimum Gasteiger partial charge on any atom is -0.508 e. The van der Waals surface area contributed by atoms with Crippen LogP contribution in [0, 0.1) is 0 Å². The third-order valence-corrected chi connectivity index (χ3v) is 3.44. The second-order valence-corrected chi connectivity index (χ2v) is 5.30. The summed E-state index contributed by atoms with van der Waals surface area (Å²) >= 11 is 0. The Morgan fingerprint density at radius 3 is 2.52 bits per heavy atom. The number of phenolic OH excluding ortho intramolecular Hbond substituents is 1. The van der Waals surface area contributed by atoms with Crippen LogP contribution >= 0.6 is 0 Å². The topological polar surface area (TPSA) is 89.6 Å². The van der Waals surface area contributed by atoms with Crippen molar-refractivity contribution in [2.45, 2.75) is 26.0 Å². The monoisotopic (exact) mass is 313 g/mol. The van der Waals surface area contributed by atoms with E-state index in [9.17, 15) is 14.7 Å². The van der Waals surface area contributed by atoms with E-state index in [0.29, 0.717) is 11.1 Å². The van der Waals surface area contributed by atoms with Gasteiger partial charge in [0.2, 0.25) is 0 Å². The summed E-state index contributed by atoms with van der Waals surface area (Å²) in [7, 11) is 0. The highest BCUT2D eigenvalue weighted by Crippen LogP contribution is 2.19. The predicted molar refractivity (Wildman–Crippen MR) is 86.0 cm³/mol. The van der Waals surface area contributed by atoms with Crippen molar-refractivity contribution in [2.75, 3.05) is 0 Å². The van der Waals surface area contributed by atoms with Crippen LogP contribution in [0.3, 0.4) is 0 Å². The van der Waals surface area contributed by atoms with Gasteiger partial charge in [0.1, 0.15) is 18.4 Å². The lowest BCUT2D eigenvalue weighted by atomic mass is 9.98. The molecule has 1 atom stereocenters. The summed E-state index contributed by atoms with van der Waals surface area (Å²) in [6.07, 6.45) is 0.169. The zero-order valence-electron chi connectivity index (χ0n) is 12.9. The average molecular weight is 313 g/mol. The molecule has 0 spiro atoms. The van der Waals surface area contributed by atoms with E-state index in [1.807, 2.05) is 30.3 Å². The van der Waals surface area contributed by atoms with Gasteiger partial charge in [-0.1, -0.05) is 36.4 Å². The van der Waals surface area contributed by atoms with Crippen molar-refractivity contribution >= 4 is 11.8 Å². The van der Waals surface area contributed by atoms with Crippen molar-refractivity contribution < 1.29 is 19.4 Å². The fourth-order valence-corrected chi connectivity index (χ4v) is 2.23. The van der Waals surface area contributed by atoms with Gasteiger partial charge < -0.3 is 15.6 Å². The van der Waals surface area contributed by atoms with Crippen molar-refractivity contribution in [3.63, 3.8) is 0 Å². The second-order valence-electron chi connectivity index (χ2n) is 5.30. The van der Waals surface area contributed by atoms with Crippen LogP contribution in [0.1, 0.15) is 28.4 Å². The third kappa shape index (κ3) is 4.66. The maximum Gasteiger partial charge on any atom is 0.323 e. The minimum absolute atomic E-state index is 0.000763. The molecule has 0 heterocycles. The van der Waals surface area contributed by atoms with Crippen molar-refractivity contribution in [2.24, 2.45) is 5.73 Å². The summed E-state index contributed by atoms with van der Waals surface area (Å²) in [6.45, 7) is 1.56. The highest BCUT2D eigenvalue weighted by atomic mass is 16.5. The molecule has 0 aliphatic heterocycles. The first-order valence-corrected chi connectivity index (χ1v) is 7.26. The third-order valence-electron chi connectivity index (χ3n) is 3.44. The Morgan fingerprint density at radius 1 is 1.17 bits per heavy atom. The molecule has 5 nitrogen and oxygen atoms in total. The van der Waals surface area contributed by atoms with Crippen LogP contribution in [-0.4, -0.2) is 22.9 Å². The number of benzene rings is 2. The fourth-order valence-electron chi connectivity index (χ4n) is 2.23. The smallest absolute Gasteiger partial charge is 0.323 e. The number of phenols is 1. The van der Waals surface area contributed by atoms with Crippen molar-refractivity contribution in [1.82, 2.24) is 0 Å². The highest BCUT2D eigenvalue weighted by molar-refractivity contribution is 5.96. The molecule has 0 fully saturated rings. The molecule has 5 heteroatoms. The van der Waals surface area contributed by atoms with E-state index in [2.05, 4.69) is 0 Å². The number of ketones is 1. The summed E-state index contributed by atoms with van der Waals surface area (Å²) in [5.41, 5.74) is 7.72. The van der Waals surface area contributed by atoms with Gasteiger partial charge in [0.05, 0.1) is 0 Å². The number of carbonyl (C=O) groups is 2. The molecule has 0 aliphatic rings. The molecule has 120 valence electrons. The van der Waals surface area contributed by atoms with Crippen LogP contribution in [0.25, 0.3) is 0 Å². The normalized spacial score (nSPS) is 11.7. The molecule has 0 aliphatic carbocycles. The lowest BCUT2D eigenvalue weighted by Gasteiger charge is -2.14. The molecular weight excluding hydrogens is 294 g/mol. The van der Waals surface area contributed by atoms with E-state index in [4.69, 9.17) is 10.5 Å². The summed E-state index contributed by atoms with van der Waals surface area (Å²) in [5, 5.41) is 9.46. The van der Waals surface area contributed by atoms with Crippen LogP contribution in [0.4, 0.5) is 0 Å². The van der Waals surface area contributed by atoms with Gasteiger partial charge >= 0.3 is 5.97 Å². The largest absolute Gasteiger partial charge is 0.508 e. The summed E-state index contributed by atoms with van der Waals surface area (Å²) in [4.78, 5) is 23.6. The maximum atomic E-state index is 12.0. The number of aromatic hydroxyl groups is 1. The van der Waals surface area contributed by atoms with E-state index in [1.54, 1.807) is 6.07 Å². The average Bonchev–Trinajstić information content (AvgIpc) is 2.55. The van der Waals surface area contributed by atoms with Gasteiger partial charge in [0, 0.05) is 5.56 Å². The molecule has 2 rings (SSSR count). The van der Waals surface area contributed by atoms with Crippen molar-refractivity contribution in [3.05, 3.63) is 65.2 Å². The van der Waals surface area contributed by atoms with Gasteiger partial charge in [-0.2, -0.15) is 0 Å². The summed E-state index contributed by atoms with van der Waals surface area (Å²) in [5.74, 6) is -0.726. The van der Waals surface area contributed by atoms with Crippen molar-refractivity contribution in [3.8, 4) is 5.75 Å². The fraction of sp³-hybridized carbons (Fsp3) is 0.222. The number of rotatable bonds is 6. The SMILES string of the molecule is CC(=O)c1cc(O)ccc1C[C@H](N)C(=O)OCc1ccccc1. The maximum absolute atomic E-state index is 12.0. The Kier molecular flexibility index (Phi) is 5.49. The Bertz CT molecular complexity index is 697. The minimum atomic E-state index is -0.874. The number of hydrogen-bond donors (Lipinski definition) is 2. The number of ether oxygens (including phenoxy) is 1. The Labute approximate surface area is 134 Å². The van der Waals surface area contributed by atoms with Gasteiger partial charge in [-0.25, -0.2) is 0 Å². The Hall–Kier alpha value is -2.66. The van der Waals surface area contributed by atoms with Crippen LogP contribution in [-0.2, 0) is 22.6 Å². The number of carbonyl (C=O) groups excluding carboxylic acids is 2. The zero-order chi connectivity index (χ0) is 16.8. The van der Waals surface area contributed by atoms with Gasteiger partial charge in [0.15, 0.2) is 5.78 Å². The molecule has 0 aromatic heterocycles. The molecule has 2 aromatic carbocycles. The van der Waals surface area contributed by atoms with Gasteiger partial charge in [-0.3, -0.25) is 9.59 Å². The molecule has 0 unspecified atom stereocenters. The number of hydrogen-bond acceptors (Lipinski definition) is 5. The Balaban J connectivity index is 2.00. The Morgan fingerprint density at radius 2 is 1.87 bits per heavy atom. The van der Waals surface area contributed by atoms with E-state index < -0.39 is 12.0 Å². The van der Waals surface area contributed by atoms with Crippen molar-refractivity contribution in [1.29, 1.82) is 0 Å². The molecule has 0 radical (unpaired) electrons. The van der Waals surface area contributed by atoms with Gasteiger partial charge in [0.25, 0.3) is 0 Å². The van der Waals surface area contributed by atoms with E-state index in [-0.39, 0.29) is 24.6 Å². The predicted octanol–water partition coefficient (Wildman–Crippen LogP) is 2.21. The molecule has 0 saturated carbocycles. The quantitative estimate of drug-likeness (QED) is 0.630. The van der Waals surface area contributed by atoms with Gasteiger partial charge in [-0.15, -0.1) is 0 Å². The molecule has 0 amide bonds. The van der Waals surface area contributed by atoms with Crippen LogP contribution in [0.2, 0.25) is 0 Å². The van der Waals surface area contributed by atoms with E-state index in [0.717, 1.165) is 5.56 Å². The first-order chi connectivity index (χ1) is 11.0. The summed E-state index contributed by atoms with van der Waals surface area (Å²) < 4.78 is 5.19.